The molecule has 2 atom stereocenters. The Morgan fingerprint density at radius 2 is 1.58 bits per heavy atom. The van der Waals surface area contributed by atoms with Crippen molar-refractivity contribution in [2.45, 2.75) is 50.7 Å². The Balaban J connectivity index is 1.44. The van der Waals surface area contributed by atoms with Gasteiger partial charge in [-0.25, -0.2) is 8.78 Å². The third-order valence-electron chi connectivity index (χ3n) is 5.91. The summed E-state index contributed by atoms with van der Waals surface area (Å²) in [7, 11) is 0. The second-order valence-corrected chi connectivity index (χ2v) is 7.50. The highest BCUT2D eigenvalue weighted by Crippen LogP contribution is 2.40. The van der Waals surface area contributed by atoms with Crippen LogP contribution in [-0.4, -0.2) is 22.8 Å². The fraction of sp³-hybridized carbons (Fsp3) is 0.409. The summed E-state index contributed by atoms with van der Waals surface area (Å²) in [5, 5.41) is 0. The van der Waals surface area contributed by atoms with Gasteiger partial charge in [-0.15, -0.1) is 0 Å². The Morgan fingerprint density at radius 1 is 0.962 bits per heavy atom. The third-order valence-corrected chi connectivity index (χ3v) is 5.91. The molecule has 0 spiro atoms. The maximum atomic E-state index is 12.9. The second kappa shape index (κ2) is 7.28. The van der Waals surface area contributed by atoms with Crippen molar-refractivity contribution in [1.82, 2.24) is 4.90 Å². The van der Waals surface area contributed by atoms with Gasteiger partial charge in [-0.3, -0.25) is 9.69 Å². The van der Waals surface area contributed by atoms with Crippen LogP contribution < -0.4 is 0 Å². The van der Waals surface area contributed by atoms with E-state index in [4.69, 9.17) is 0 Å². The highest BCUT2D eigenvalue weighted by molar-refractivity contribution is 5.98. The standard InChI is InChI=1S/C22H23F2NO/c23-22(24)17-8-6-16(7-9-17)21(26)18-12-19-10-11-20(13-18)25(19)14-15-4-2-1-3-5-15/h1-9,18-20,22H,10-14H2. The summed E-state index contributed by atoms with van der Waals surface area (Å²) in [6.45, 7) is 0.945. The summed E-state index contributed by atoms with van der Waals surface area (Å²) in [5.74, 6) is 0.124. The van der Waals surface area contributed by atoms with Gasteiger partial charge in [-0.2, -0.15) is 0 Å². The van der Waals surface area contributed by atoms with Crippen LogP contribution in [0.4, 0.5) is 8.78 Å². The normalized spacial score (nSPS) is 25.6. The molecule has 0 aromatic heterocycles. The average molecular weight is 355 g/mol. The van der Waals surface area contributed by atoms with Crippen molar-refractivity contribution in [3.63, 3.8) is 0 Å². The summed E-state index contributed by atoms with van der Waals surface area (Å²) in [6.07, 6.45) is 1.55. The van der Waals surface area contributed by atoms with E-state index in [2.05, 4.69) is 29.2 Å². The zero-order chi connectivity index (χ0) is 18.1. The fourth-order valence-electron chi connectivity index (χ4n) is 4.57. The first-order chi connectivity index (χ1) is 12.6. The molecule has 2 unspecified atom stereocenters. The fourth-order valence-corrected chi connectivity index (χ4v) is 4.57. The number of ketones is 1. The van der Waals surface area contributed by atoms with Crippen molar-refractivity contribution >= 4 is 5.78 Å². The number of nitrogens with zero attached hydrogens (tertiary/aromatic N) is 1. The number of carbonyl (C=O) groups excluding carboxylic acids is 1. The van der Waals surface area contributed by atoms with Crippen LogP contribution in [0.5, 0.6) is 0 Å². The van der Waals surface area contributed by atoms with Gasteiger partial charge < -0.3 is 0 Å². The number of carbonyl (C=O) groups is 1. The van der Waals surface area contributed by atoms with Gasteiger partial charge in [-0.05, 0) is 31.2 Å². The van der Waals surface area contributed by atoms with Crippen LogP contribution in [0.15, 0.2) is 54.6 Å². The van der Waals surface area contributed by atoms with Gasteiger partial charge in [0.25, 0.3) is 6.43 Å². The highest BCUT2D eigenvalue weighted by Gasteiger charge is 2.42. The zero-order valence-corrected chi connectivity index (χ0v) is 14.7. The van der Waals surface area contributed by atoms with Gasteiger partial charge in [0.15, 0.2) is 5.78 Å². The Morgan fingerprint density at radius 3 is 2.15 bits per heavy atom. The van der Waals surface area contributed by atoms with Gasteiger partial charge >= 0.3 is 0 Å². The van der Waals surface area contributed by atoms with Crippen molar-refractivity contribution in [2.75, 3.05) is 0 Å². The minimum absolute atomic E-state index is 0.0110. The molecule has 2 aliphatic rings. The number of fused-ring (bicyclic) bond motifs is 2. The van der Waals surface area contributed by atoms with Gasteiger partial charge in [0.05, 0.1) is 0 Å². The van der Waals surface area contributed by atoms with E-state index in [1.165, 1.54) is 17.7 Å². The molecule has 0 radical (unpaired) electrons. The Hall–Kier alpha value is -2.07. The van der Waals surface area contributed by atoms with Crippen LogP contribution in [0.3, 0.4) is 0 Å². The van der Waals surface area contributed by atoms with Crippen molar-refractivity contribution < 1.29 is 13.6 Å². The molecule has 2 aromatic rings. The molecule has 0 aliphatic carbocycles. The second-order valence-electron chi connectivity index (χ2n) is 7.50. The summed E-state index contributed by atoms with van der Waals surface area (Å²) in [5.41, 5.74) is 1.85. The molecule has 26 heavy (non-hydrogen) atoms. The van der Waals surface area contributed by atoms with E-state index in [1.54, 1.807) is 12.1 Å². The van der Waals surface area contributed by atoms with Gasteiger partial charge in [0, 0.05) is 35.7 Å². The predicted octanol–water partition coefficient (Wildman–Crippen LogP) is 5.25. The van der Waals surface area contributed by atoms with Crippen LogP contribution in [0.1, 0.15) is 53.6 Å². The smallest absolute Gasteiger partial charge is 0.263 e. The van der Waals surface area contributed by atoms with Crippen molar-refractivity contribution in [1.29, 1.82) is 0 Å². The molecule has 0 saturated carbocycles. The van der Waals surface area contributed by atoms with Crippen molar-refractivity contribution in [3.05, 3.63) is 71.3 Å². The summed E-state index contributed by atoms with van der Waals surface area (Å²) in [6, 6.07) is 17.2. The van der Waals surface area contributed by atoms with E-state index in [1.807, 2.05) is 6.07 Å². The lowest BCUT2D eigenvalue weighted by atomic mass is 9.84. The molecule has 0 amide bonds. The highest BCUT2D eigenvalue weighted by atomic mass is 19.3. The number of benzene rings is 2. The van der Waals surface area contributed by atoms with E-state index in [9.17, 15) is 13.6 Å². The molecular weight excluding hydrogens is 332 g/mol. The van der Waals surface area contributed by atoms with Crippen LogP contribution >= 0.6 is 0 Å². The molecule has 2 fully saturated rings. The van der Waals surface area contributed by atoms with E-state index >= 15 is 0 Å². The molecule has 136 valence electrons. The van der Waals surface area contributed by atoms with E-state index in [0.717, 1.165) is 32.2 Å². The first-order valence-electron chi connectivity index (χ1n) is 9.34. The first kappa shape index (κ1) is 17.3. The molecule has 0 N–H and O–H groups in total. The molecule has 2 aromatic carbocycles. The molecule has 2 heterocycles. The summed E-state index contributed by atoms with van der Waals surface area (Å²) < 4.78 is 25.4. The lowest BCUT2D eigenvalue weighted by Gasteiger charge is -2.38. The maximum absolute atomic E-state index is 12.9. The number of hydrogen-bond acceptors (Lipinski definition) is 2. The average Bonchev–Trinajstić information content (AvgIpc) is 2.90. The number of halogens is 2. The number of rotatable bonds is 5. The molecule has 2 nitrogen and oxygen atoms in total. The number of alkyl halides is 2. The Labute approximate surface area is 152 Å². The topological polar surface area (TPSA) is 20.3 Å². The molecule has 2 aliphatic heterocycles. The summed E-state index contributed by atoms with van der Waals surface area (Å²) in [4.78, 5) is 15.4. The molecular formula is C22H23F2NO. The first-order valence-corrected chi connectivity index (χ1v) is 9.34. The minimum Gasteiger partial charge on any atom is -0.294 e. The number of piperidine rings is 1. The van der Waals surface area contributed by atoms with Gasteiger partial charge in [-0.1, -0.05) is 54.6 Å². The lowest BCUT2D eigenvalue weighted by Crippen LogP contribution is -2.44. The van der Waals surface area contributed by atoms with Gasteiger partial charge in [0.2, 0.25) is 0 Å². The van der Waals surface area contributed by atoms with E-state index < -0.39 is 6.43 Å². The van der Waals surface area contributed by atoms with Crippen LogP contribution in [0.25, 0.3) is 0 Å². The lowest BCUT2D eigenvalue weighted by molar-refractivity contribution is 0.0678. The van der Waals surface area contributed by atoms with Crippen LogP contribution in [0.2, 0.25) is 0 Å². The third kappa shape index (κ3) is 3.43. The van der Waals surface area contributed by atoms with Crippen LogP contribution in [0, 0.1) is 5.92 Å². The minimum atomic E-state index is -2.49. The SMILES string of the molecule is O=C(c1ccc(C(F)F)cc1)C1CC2CCC(C1)N2Cc1ccccc1. The Kier molecular flexibility index (Phi) is 4.86. The molecule has 2 saturated heterocycles. The molecule has 4 rings (SSSR count). The molecule has 2 bridgehead atoms. The van der Waals surface area contributed by atoms with Crippen molar-refractivity contribution in [2.24, 2.45) is 5.92 Å². The number of hydrogen-bond donors (Lipinski definition) is 0. The molecule has 4 heteroatoms. The van der Waals surface area contributed by atoms with Crippen molar-refractivity contribution in [3.8, 4) is 0 Å². The maximum Gasteiger partial charge on any atom is 0.263 e. The zero-order valence-electron chi connectivity index (χ0n) is 14.7. The van der Waals surface area contributed by atoms with Crippen LogP contribution in [-0.2, 0) is 6.54 Å². The largest absolute Gasteiger partial charge is 0.294 e. The van der Waals surface area contributed by atoms with Gasteiger partial charge in [0.1, 0.15) is 0 Å². The number of Topliss-reactive ketones (excluding diaryl/α,β-unsaturated/α-hetero) is 1. The monoisotopic (exact) mass is 355 g/mol. The van der Waals surface area contributed by atoms with E-state index in [-0.39, 0.29) is 17.3 Å². The summed E-state index contributed by atoms with van der Waals surface area (Å²) >= 11 is 0. The predicted molar refractivity (Wildman–Crippen MR) is 97.2 cm³/mol. The van der Waals surface area contributed by atoms with E-state index in [0.29, 0.717) is 17.6 Å². The Bertz CT molecular complexity index is 745. The quantitative estimate of drug-likeness (QED) is 0.683.